The summed E-state index contributed by atoms with van der Waals surface area (Å²) in [5.74, 6) is 0.518. The van der Waals surface area contributed by atoms with Crippen LogP contribution in [0.1, 0.15) is 29.1 Å². The summed E-state index contributed by atoms with van der Waals surface area (Å²) in [6.45, 7) is 1.72. The zero-order valence-electron chi connectivity index (χ0n) is 10.8. The maximum absolute atomic E-state index is 8.91. The minimum Gasteiger partial charge on any atom is -0.416 e. The molecule has 0 saturated carbocycles. The van der Waals surface area contributed by atoms with Crippen LogP contribution in [-0.4, -0.2) is 26.2 Å². The van der Waals surface area contributed by atoms with Gasteiger partial charge in [-0.1, -0.05) is 5.16 Å². The van der Waals surface area contributed by atoms with Crippen molar-refractivity contribution >= 4 is 17.6 Å². The van der Waals surface area contributed by atoms with Crippen LogP contribution in [0.4, 0.5) is 0 Å². The van der Waals surface area contributed by atoms with E-state index in [1.165, 1.54) is 11.8 Å². The fraction of sp³-hybridized carbons (Fsp3) is 0.333. The van der Waals surface area contributed by atoms with Gasteiger partial charge >= 0.3 is 0 Å². The van der Waals surface area contributed by atoms with E-state index in [0.29, 0.717) is 21.7 Å². The molecular weight excluding hydrogens is 278 g/mol. The molecule has 2 heterocycles. The normalized spacial score (nSPS) is 14.6. The molecule has 0 unspecified atom stereocenters. The predicted molar refractivity (Wildman–Crippen MR) is 71.9 cm³/mol. The van der Waals surface area contributed by atoms with Gasteiger partial charge in [0.25, 0.3) is 5.22 Å². The van der Waals surface area contributed by atoms with Crippen LogP contribution in [0, 0.1) is 6.92 Å². The molecule has 0 amide bonds. The second-order valence-electron chi connectivity index (χ2n) is 4.47. The molecule has 0 aromatic carbocycles. The van der Waals surface area contributed by atoms with E-state index in [0.717, 1.165) is 30.5 Å². The number of rotatable bonds is 3. The van der Waals surface area contributed by atoms with Crippen LogP contribution in [0.25, 0.3) is 0 Å². The van der Waals surface area contributed by atoms with Gasteiger partial charge in [-0.3, -0.25) is 0 Å². The van der Waals surface area contributed by atoms with E-state index in [9.17, 15) is 0 Å². The Morgan fingerprint density at radius 1 is 1.45 bits per heavy atom. The molecule has 0 aliphatic heterocycles. The third kappa shape index (κ3) is 2.34. The first-order chi connectivity index (χ1) is 9.67. The summed E-state index contributed by atoms with van der Waals surface area (Å²) in [5, 5.41) is 20.7. The van der Waals surface area contributed by atoms with Crippen LogP contribution in [-0.2, 0) is 12.8 Å². The van der Waals surface area contributed by atoms with E-state index in [-0.39, 0.29) is 5.84 Å². The summed E-state index contributed by atoms with van der Waals surface area (Å²) in [6.07, 6.45) is 2.99. The molecular formula is C12H13N5O2S. The Labute approximate surface area is 119 Å². The number of amidine groups is 1. The number of hydrogen-bond acceptors (Lipinski definition) is 7. The van der Waals surface area contributed by atoms with E-state index in [2.05, 4.69) is 20.3 Å². The lowest BCUT2D eigenvalue weighted by Gasteiger charge is -2.08. The monoisotopic (exact) mass is 291 g/mol. The topological polar surface area (TPSA) is 110 Å². The maximum atomic E-state index is 8.91. The molecule has 2 aromatic rings. The summed E-state index contributed by atoms with van der Waals surface area (Å²) in [6, 6.07) is 1.93. The third-order valence-electron chi connectivity index (χ3n) is 3.09. The summed E-state index contributed by atoms with van der Waals surface area (Å²) >= 11 is 1.22. The zero-order valence-corrected chi connectivity index (χ0v) is 11.6. The zero-order chi connectivity index (χ0) is 14.1. The van der Waals surface area contributed by atoms with E-state index in [1.54, 1.807) is 6.92 Å². The SMILES string of the molecule is Cc1nnc(Sc2nc3c(cc2C(N)=NO)CCC3)o1. The van der Waals surface area contributed by atoms with Crippen LogP contribution in [0.3, 0.4) is 0 Å². The summed E-state index contributed by atoms with van der Waals surface area (Å²) in [5.41, 5.74) is 8.52. The number of aryl methyl sites for hydroxylation is 3. The fourth-order valence-electron chi connectivity index (χ4n) is 2.17. The molecule has 0 fully saturated rings. The molecule has 104 valence electrons. The maximum Gasteiger partial charge on any atom is 0.282 e. The lowest BCUT2D eigenvalue weighted by Crippen LogP contribution is -2.16. The molecule has 1 aliphatic rings. The lowest BCUT2D eigenvalue weighted by molar-refractivity contribution is 0.318. The van der Waals surface area contributed by atoms with Gasteiger partial charge in [-0.25, -0.2) is 4.98 Å². The number of nitrogens with zero attached hydrogens (tertiary/aromatic N) is 4. The standard InChI is InChI=1S/C12H13N5O2S/c1-6-15-16-12(19-6)20-11-8(10(13)17-18)5-7-3-2-4-9(7)14-11/h5,18H,2-4H2,1H3,(H2,13,17). The van der Waals surface area contributed by atoms with Crippen molar-refractivity contribution < 1.29 is 9.62 Å². The molecule has 0 saturated heterocycles. The van der Waals surface area contributed by atoms with Crippen LogP contribution in [0.15, 0.2) is 25.9 Å². The Morgan fingerprint density at radius 2 is 2.30 bits per heavy atom. The van der Waals surface area contributed by atoms with Gasteiger partial charge in [-0.2, -0.15) is 0 Å². The molecule has 3 N–H and O–H groups in total. The Hall–Kier alpha value is -2.09. The van der Waals surface area contributed by atoms with Crippen molar-refractivity contribution in [2.24, 2.45) is 10.9 Å². The highest BCUT2D eigenvalue weighted by atomic mass is 32.2. The van der Waals surface area contributed by atoms with Crippen molar-refractivity contribution in [2.75, 3.05) is 0 Å². The molecule has 2 aromatic heterocycles. The van der Waals surface area contributed by atoms with Crippen molar-refractivity contribution in [3.05, 3.63) is 28.8 Å². The molecule has 3 rings (SSSR count). The van der Waals surface area contributed by atoms with Gasteiger partial charge in [0.15, 0.2) is 5.84 Å². The Kier molecular flexibility index (Phi) is 3.31. The third-order valence-corrected chi connectivity index (χ3v) is 3.94. The Balaban J connectivity index is 2.03. The number of aromatic nitrogens is 3. The Bertz CT molecular complexity index is 682. The minimum atomic E-state index is 0.0333. The largest absolute Gasteiger partial charge is 0.416 e. The number of nitrogens with two attached hydrogens (primary N) is 1. The molecule has 1 aliphatic carbocycles. The van der Waals surface area contributed by atoms with Crippen molar-refractivity contribution in [2.45, 2.75) is 36.4 Å². The molecule has 0 atom stereocenters. The van der Waals surface area contributed by atoms with Gasteiger partial charge in [-0.05, 0) is 42.7 Å². The molecule has 8 heteroatoms. The first-order valence-electron chi connectivity index (χ1n) is 6.16. The van der Waals surface area contributed by atoms with Gasteiger partial charge in [-0.15, -0.1) is 10.2 Å². The Morgan fingerprint density at radius 3 is 3.00 bits per heavy atom. The van der Waals surface area contributed by atoms with Gasteiger partial charge < -0.3 is 15.4 Å². The number of pyridine rings is 1. The van der Waals surface area contributed by atoms with Crippen molar-refractivity contribution in [1.29, 1.82) is 0 Å². The number of oxime groups is 1. The summed E-state index contributed by atoms with van der Waals surface area (Å²) < 4.78 is 5.33. The highest BCUT2D eigenvalue weighted by molar-refractivity contribution is 7.99. The second kappa shape index (κ2) is 5.12. The van der Waals surface area contributed by atoms with Gasteiger partial charge in [0.2, 0.25) is 5.89 Å². The molecule has 0 radical (unpaired) electrons. The fourth-order valence-corrected chi connectivity index (χ4v) is 3.01. The average Bonchev–Trinajstić information content (AvgIpc) is 3.05. The van der Waals surface area contributed by atoms with Crippen LogP contribution >= 0.6 is 11.8 Å². The number of fused-ring (bicyclic) bond motifs is 1. The molecule has 0 bridgehead atoms. The molecule has 7 nitrogen and oxygen atoms in total. The van der Waals surface area contributed by atoms with E-state index in [1.807, 2.05) is 6.07 Å². The first-order valence-corrected chi connectivity index (χ1v) is 6.97. The van der Waals surface area contributed by atoms with Crippen molar-refractivity contribution in [3.8, 4) is 0 Å². The van der Waals surface area contributed by atoms with Crippen LogP contribution < -0.4 is 5.73 Å². The first kappa shape index (κ1) is 12.9. The van der Waals surface area contributed by atoms with E-state index < -0.39 is 0 Å². The predicted octanol–water partition coefficient (Wildman–Crippen LogP) is 1.51. The molecule has 0 spiro atoms. The number of hydrogen-bond donors (Lipinski definition) is 2. The van der Waals surface area contributed by atoms with E-state index >= 15 is 0 Å². The van der Waals surface area contributed by atoms with Gasteiger partial charge in [0.05, 0.1) is 5.56 Å². The highest BCUT2D eigenvalue weighted by Gasteiger charge is 2.20. The lowest BCUT2D eigenvalue weighted by atomic mass is 10.1. The second-order valence-corrected chi connectivity index (χ2v) is 5.41. The summed E-state index contributed by atoms with van der Waals surface area (Å²) in [7, 11) is 0. The van der Waals surface area contributed by atoms with E-state index in [4.69, 9.17) is 15.4 Å². The van der Waals surface area contributed by atoms with Crippen LogP contribution in [0.2, 0.25) is 0 Å². The summed E-state index contributed by atoms with van der Waals surface area (Å²) in [4.78, 5) is 4.59. The molecule has 20 heavy (non-hydrogen) atoms. The smallest absolute Gasteiger partial charge is 0.282 e. The minimum absolute atomic E-state index is 0.0333. The quantitative estimate of drug-likeness (QED) is 0.381. The average molecular weight is 291 g/mol. The van der Waals surface area contributed by atoms with Gasteiger partial charge in [0.1, 0.15) is 5.03 Å². The van der Waals surface area contributed by atoms with Crippen LogP contribution in [0.5, 0.6) is 0 Å². The van der Waals surface area contributed by atoms with Crippen molar-refractivity contribution in [3.63, 3.8) is 0 Å². The highest BCUT2D eigenvalue weighted by Crippen LogP contribution is 2.31. The van der Waals surface area contributed by atoms with Crippen molar-refractivity contribution in [1.82, 2.24) is 15.2 Å². The van der Waals surface area contributed by atoms with Gasteiger partial charge in [0, 0.05) is 12.6 Å².